The highest BCUT2D eigenvalue weighted by molar-refractivity contribution is 5.43. The van der Waals surface area contributed by atoms with Gasteiger partial charge in [-0.05, 0) is 24.6 Å². The second-order valence-corrected chi connectivity index (χ2v) is 4.64. The lowest BCUT2D eigenvalue weighted by atomic mass is 10.2. The van der Waals surface area contributed by atoms with Gasteiger partial charge in [-0.1, -0.05) is 19.9 Å². The summed E-state index contributed by atoms with van der Waals surface area (Å²) < 4.78 is 23.2. The number of alkyl halides is 1. The van der Waals surface area contributed by atoms with Gasteiger partial charge in [-0.25, -0.2) is 0 Å². The van der Waals surface area contributed by atoms with Crippen LogP contribution in [0.4, 0.5) is 4.39 Å². The van der Waals surface area contributed by atoms with Crippen molar-refractivity contribution >= 4 is 0 Å². The molecule has 0 unspecified atom stereocenters. The van der Waals surface area contributed by atoms with Crippen molar-refractivity contribution in [3.05, 3.63) is 23.8 Å². The van der Waals surface area contributed by atoms with Gasteiger partial charge in [-0.2, -0.15) is 0 Å². The Bertz CT molecular complexity index is 369. The SMILES string of the molecule is CCOc1cc(CNC(C)C)ccc1OCCCF. The number of ether oxygens (including phenoxy) is 2. The number of nitrogens with one attached hydrogen (secondary N) is 1. The van der Waals surface area contributed by atoms with Crippen molar-refractivity contribution in [3.8, 4) is 11.5 Å². The molecule has 0 aliphatic carbocycles. The normalized spacial score (nSPS) is 10.8. The molecule has 0 heterocycles. The highest BCUT2D eigenvalue weighted by Crippen LogP contribution is 2.28. The predicted octanol–water partition coefficient (Wildman–Crippen LogP) is 3.32. The molecule has 1 aromatic carbocycles. The van der Waals surface area contributed by atoms with Crippen LogP contribution in [-0.2, 0) is 6.54 Å². The first kappa shape index (κ1) is 15.8. The van der Waals surface area contributed by atoms with Gasteiger partial charge in [0.2, 0.25) is 0 Å². The lowest BCUT2D eigenvalue weighted by Gasteiger charge is -2.14. The molecule has 0 saturated carbocycles. The molecule has 0 amide bonds. The molecule has 1 rings (SSSR count). The monoisotopic (exact) mass is 269 g/mol. The summed E-state index contributed by atoms with van der Waals surface area (Å²) in [4.78, 5) is 0. The molecule has 0 radical (unpaired) electrons. The van der Waals surface area contributed by atoms with Crippen LogP contribution in [0.25, 0.3) is 0 Å². The minimum atomic E-state index is -0.361. The Morgan fingerprint density at radius 2 is 2.00 bits per heavy atom. The summed E-state index contributed by atoms with van der Waals surface area (Å²) in [6, 6.07) is 6.31. The zero-order valence-corrected chi connectivity index (χ0v) is 12.0. The molecule has 4 heteroatoms. The molecule has 0 aliphatic rings. The third-order valence-corrected chi connectivity index (χ3v) is 2.56. The molecule has 1 aromatic rings. The summed E-state index contributed by atoms with van der Waals surface area (Å²) in [5, 5.41) is 3.36. The second-order valence-electron chi connectivity index (χ2n) is 4.64. The van der Waals surface area contributed by atoms with Crippen LogP contribution in [0.1, 0.15) is 32.8 Å². The highest BCUT2D eigenvalue weighted by Gasteiger charge is 2.07. The first-order valence-electron chi connectivity index (χ1n) is 6.85. The Hall–Kier alpha value is -1.29. The standard InChI is InChI=1S/C15H24FNO2/c1-4-18-15-10-13(11-17-12(2)3)6-7-14(15)19-9-5-8-16/h6-7,10,12,17H,4-5,8-9,11H2,1-3H3. The van der Waals surface area contributed by atoms with Crippen molar-refractivity contribution in [1.29, 1.82) is 0 Å². The van der Waals surface area contributed by atoms with E-state index in [1.165, 1.54) is 0 Å². The molecular weight excluding hydrogens is 245 g/mol. The number of hydrogen-bond donors (Lipinski definition) is 1. The third kappa shape index (κ3) is 5.92. The van der Waals surface area contributed by atoms with Crippen LogP contribution in [-0.4, -0.2) is 25.9 Å². The minimum absolute atomic E-state index is 0.361. The Kier molecular flexibility index (Phi) is 7.26. The van der Waals surface area contributed by atoms with E-state index in [0.29, 0.717) is 31.4 Å². The van der Waals surface area contributed by atoms with Crippen molar-refractivity contribution in [1.82, 2.24) is 5.32 Å². The van der Waals surface area contributed by atoms with E-state index in [1.807, 2.05) is 25.1 Å². The smallest absolute Gasteiger partial charge is 0.161 e. The Balaban J connectivity index is 2.69. The van der Waals surface area contributed by atoms with Crippen LogP contribution in [0.5, 0.6) is 11.5 Å². The maximum absolute atomic E-state index is 12.1. The molecule has 0 spiro atoms. The summed E-state index contributed by atoms with van der Waals surface area (Å²) in [7, 11) is 0. The molecule has 1 N–H and O–H groups in total. The van der Waals surface area contributed by atoms with Crippen LogP contribution >= 0.6 is 0 Å². The van der Waals surface area contributed by atoms with Crippen LogP contribution in [0.3, 0.4) is 0 Å². The van der Waals surface area contributed by atoms with Gasteiger partial charge in [0.25, 0.3) is 0 Å². The van der Waals surface area contributed by atoms with E-state index in [2.05, 4.69) is 19.2 Å². The number of halogens is 1. The summed E-state index contributed by atoms with van der Waals surface area (Å²) in [5.41, 5.74) is 1.15. The van der Waals surface area contributed by atoms with Crippen LogP contribution in [0, 0.1) is 0 Å². The van der Waals surface area contributed by atoms with Gasteiger partial charge in [0.1, 0.15) is 0 Å². The quantitative estimate of drug-likeness (QED) is 0.698. The molecule has 0 saturated heterocycles. The highest BCUT2D eigenvalue weighted by atomic mass is 19.1. The summed E-state index contributed by atoms with van der Waals surface area (Å²) >= 11 is 0. The van der Waals surface area contributed by atoms with E-state index in [0.717, 1.165) is 17.9 Å². The van der Waals surface area contributed by atoms with E-state index >= 15 is 0 Å². The molecule has 0 aromatic heterocycles. The van der Waals surface area contributed by atoms with E-state index in [4.69, 9.17) is 9.47 Å². The number of benzene rings is 1. The van der Waals surface area contributed by atoms with Crippen LogP contribution in [0.15, 0.2) is 18.2 Å². The Morgan fingerprint density at radius 1 is 1.21 bits per heavy atom. The van der Waals surface area contributed by atoms with Crippen molar-refractivity contribution in [2.45, 2.75) is 39.8 Å². The fourth-order valence-corrected chi connectivity index (χ4v) is 1.61. The van der Waals surface area contributed by atoms with E-state index in [9.17, 15) is 4.39 Å². The molecule has 0 bridgehead atoms. The average Bonchev–Trinajstić information content (AvgIpc) is 2.39. The van der Waals surface area contributed by atoms with E-state index in [1.54, 1.807) is 0 Å². The van der Waals surface area contributed by atoms with Gasteiger partial charge in [-0.3, -0.25) is 4.39 Å². The van der Waals surface area contributed by atoms with Gasteiger partial charge in [0.15, 0.2) is 11.5 Å². The fraction of sp³-hybridized carbons (Fsp3) is 0.600. The first-order valence-corrected chi connectivity index (χ1v) is 6.85. The van der Waals surface area contributed by atoms with Gasteiger partial charge >= 0.3 is 0 Å². The Morgan fingerprint density at radius 3 is 2.63 bits per heavy atom. The topological polar surface area (TPSA) is 30.5 Å². The van der Waals surface area contributed by atoms with E-state index < -0.39 is 0 Å². The van der Waals surface area contributed by atoms with Gasteiger partial charge in [0.05, 0.1) is 19.9 Å². The molecular formula is C15H24FNO2. The largest absolute Gasteiger partial charge is 0.490 e. The lowest BCUT2D eigenvalue weighted by molar-refractivity contribution is 0.262. The minimum Gasteiger partial charge on any atom is -0.490 e. The molecule has 3 nitrogen and oxygen atoms in total. The lowest BCUT2D eigenvalue weighted by Crippen LogP contribution is -2.21. The summed E-state index contributed by atoms with van der Waals surface area (Å²) in [6.45, 7) is 7.55. The van der Waals surface area contributed by atoms with Gasteiger partial charge < -0.3 is 14.8 Å². The summed E-state index contributed by atoms with van der Waals surface area (Å²) in [5.74, 6) is 1.41. The zero-order valence-electron chi connectivity index (χ0n) is 12.0. The van der Waals surface area contributed by atoms with Gasteiger partial charge in [-0.15, -0.1) is 0 Å². The third-order valence-electron chi connectivity index (χ3n) is 2.56. The van der Waals surface area contributed by atoms with Crippen molar-refractivity contribution in [3.63, 3.8) is 0 Å². The second kappa shape index (κ2) is 8.75. The maximum Gasteiger partial charge on any atom is 0.161 e. The number of rotatable bonds is 9. The number of hydrogen-bond acceptors (Lipinski definition) is 3. The Labute approximate surface area is 115 Å². The molecule has 0 fully saturated rings. The summed E-state index contributed by atoms with van der Waals surface area (Å²) in [6.07, 6.45) is 0.405. The molecule has 19 heavy (non-hydrogen) atoms. The molecule has 0 atom stereocenters. The van der Waals surface area contributed by atoms with Crippen molar-refractivity contribution in [2.24, 2.45) is 0 Å². The van der Waals surface area contributed by atoms with E-state index in [-0.39, 0.29) is 6.67 Å². The maximum atomic E-state index is 12.1. The first-order chi connectivity index (χ1) is 9.17. The molecule has 108 valence electrons. The molecule has 0 aliphatic heterocycles. The predicted molar refractivity (Wildman–Crippen MR) is 75.7 cm³/mol. The van der Waals surface area contributed by atoms with Crippen LogP contribution in [0.2, 0.25) is 0 Å². The van der Waals surface area contributed by atoms with Gasteiger partial charge in [0, 0.05) is 19.0 Å². The average molecular weight is 269 g/mol. The zero-order chi connectivity index (χ0) is 14.1. The fourth-order valence-electron chi connectivity index (χ4n) is 1.61. The van der Waals surface area contributed by atoms with Crippen molar-refractivity contribution < 1.29 is 13.9 Å². The van der Waals surface area contributed by atoms with Crippen molar-refractivity contribution in [2.75, 3.05) is 19.9 Å². The van der Waals surface area contributed by atoms with Crippen LogP contribution < -0.4 is 14.8 Å².